The van der Waals surface area contributed by atoms with Crippen LogP contribution >= 0.6 is 0 Å². The summed E-state index contributed by atoms with van der Waals surface area (Å²) in [6.45, 7) is 9.35. The fraction of sp³-hybridized carbons (Fsp3) is 0.415. The van der Waals surface area contributed by atoms with Gasteiger partial charge in [-0.25, -0.2) is 19.7 Å². The van der Waals surface area contributed by atoms with Gasteiger partial charge in [-0.15, -0.1) is 0 Å². The van der Waals surface area contributed by atoms with Gasteiger partial charge in [-0.1, -0.05) is 64.1 Å². The maximum absolute atomic E-state index is 13.5. The fourth-order valence-corrected chi connectivity index (χ4v) is 7.59. The Labute approximate surface area is 309 Å². The molecule has 0 aliphatic carbocycles. The summed E-state index contributed by atoms with van der Waals surface area (Å²) in [6, 6.07) is 17.7. The molecule has 3 amide bonds. The number of alkyl carbamates (subject to hydrolysis) is 1. The number of imidazole rings is 2. The second kappa shape index (κ2) is 15.2. The molecule has 0 bridgehead atoms. The van der Waals surface area contributed by atoms with E-state index in [1.807, 2.05) is 54.2 Å². The summed E-state index contributed by atoms with van der Waals surface area (Å²) in [4.78, 5) is 63.4. The van der Waals surface area contributed by atoms with Crippen LogP contribution in [0.15, 0.2) is 67.0 Å². The monoisotopic (exact) mass is 716 g/mol. The standard InChI is InChI=1S/C41H48N8O4/c1-24(2)20-36(50)48-18-6-8-34(48)38-42-22-32(45-38)27-12-10-26(11-13-27)30-16-14-28-21-29(15-17-31(28)44-30)33-23-43-39(46-33)35-9-7-19-49(35)40(51)37(25(3)4)47-41(52)53-5/h10-17,21-25,34-35,37H,6-9,18-20H2,1-5H3,(H,42,45)(H,43,46)(H,47,52)/t34-,35-,37-/m0/s1. The lowest BCUT2D eigenvalue weighted by Gasteiger charge is -2.30. The van der Waals surface area contributed by atoms with Gasteiger partial charge in [0.2, 0.25) is 11.8 Å². The molecule has 0 unspecified atom stereocenters. The number of aromatic amines is 2. The molecule has 276 valence electrons. The Hall–Kier alpha value is -5.52. The molecule has 12 nitrogen and oxygen atoms in total. The first-order valence-corrected chi connectivity index (χ1v) is 18.7. The van der Waals surface area contributed by atoms with Gasteiger partial charge in [0.15, 0.2) is 0 Å². The number of carbonyl (C=O) groups is 3. The van der Waals surface area contributed by atoms with E-state index in [0.717, 1.165) is 88.6 Å². The van der Waals surface area contributed by atoms with E-state index in [1.54, 1.807) is 0 Å². The van der Waals surface area contributed by atoms with Crippen LogP contribution in [0.5, 0.6) is 0 Å². The normalized spacial score (nSPS) is 17.9. The Morgan fingerprint density at radius 1 is 0.811 bits per heavy atom. The summed E-state index contributed by atoms with van der Waals surface area (Å²) in [5, 5.41) is 3.70. The number of fused-ring (bicyclic) bond motifs is 1. The van der Waals surface area contributed by atoms with Crippen LogP contribution in [0, 0.1) is 11.8 Å². The Morgan fingerprint density at radius 2 is 1.42 bits per heavy atom. The molecule has 0 radical (unpaired) electrons. The van der Waals surface area contributed by atoms with Crippen molar-refractivity contribution in [2.24, 2.45) is 11.8 Å². The van der Waals surface area contributed by atoms with Crippen LogP contribution in [-0.2, 0) is 14.3 Å². The van der Waals surface area contributed by atoms with Crippen LogP contribution in [0.3, 0.4) is 0 Å². The highest BCUT2D eigenvalue weighted by molar-refractivity contribution is 5.87. The topological polar surface area (TPSA) is 149 Å². The summed E-state index contributed by atoms with van der Waals surface area (Å²) in [6.07, 6.45) is 7.17. The van der Waals surface area contributed by atoms with Gasteiger partial charge in [0, 0.05) is 36.0 Å². The Balaban J connectivity index is 1.03. The molecule has 2 fully saturated rings. The lowest BCUT2D eigenvalue weighted by Crippen LogP contribution is -2.51. The number of aromatic nitrogens is 5. The molecule has 2 aromatic carbocycles. The van der Waals surface area contributed by atoms with Crippen LogP contribution in [0.2, 0.25) is 0 Å². The van der Waals surface area contributed by atoms with Crippen molar-refractivity contribution < 1.29 is 19.1 Å². The summed E-state index contributed by atoms with van der Waals surface area (Å²) in [5.41, 5.74) is 6.56. The third kappa shape index (κ3) is 7.53. The van der Waals surface area contributed by atoms with Gasteiger partial charge >= 0.3 is 6.09 Å². The Kier molecular flexibility index (Phi) is 10.3. The first-order valence-electron chi connectivity index (χ1n) is 18.7. The number of H-pyrrole nitrogens is 2. The molecule has 3 aromatic heterocycles. The first-order chi connectivity index (χ1) is 25.6. The number of benzene rings is 2. The van der Waals surface area contributed by atoms with E-state index < -0.39 is 12.1 Å². The van der Waals surface area contributed by atoms with Gasteiger partial charge in [0.25, 0.3) is 0 Å². The maximum Gasteiger partial charge on any atom is 0.407 e. The van der Waals surface area contributed by atoms with Gasteiger partial charge in [-0.05, 0) is 61.3 Å². The van der Waals surface area contributed by atoms with E-state index in [0.29, 0.717) is 18.9 Å². The van der Waals surface area contributed by atoms with Crippen molar-refractivity contribution in [3.8, 4) is 33.8 Å². The summed E-state index contributed by atoms with van der Waals surface area (Å²) >= 11 is 0. The number of pyridine rings is 1. The largest absolute Gasteiger partial charge is 0.453 e. The van der Waals surface area contributed by atoms with E-state index in [4.69, 9.17) is 14.7 Å². The van der Waals surface area contributed by atoms with Gasteiger partial charge in [-0.3, -0.25) is 9.59 Å². The highest BCUT2D eigenvalue weighted by Gasteiger charge is 2.37. The smallest absolute Gasteiger partial charge is 0.407 e. The Morgan fingerprint density at radius 3 is 2.06 bits per heavy atom. The van der Waals surface area contributed by atoms with E-state index in [1.165, 1.54) is 7.11 Å². The van der Waals surface area contributed by atoms with Crippen molar-refractivity contribution in [2.45, 2.75) is 77.9 Å². The molecule has 5 aromatic rings. The van der Waals surface area contributed by atoms with Crippen molar-refractivity contribution in [1.82, 2.24) is 40.0 Å². The zero-order valence-corrected chi connectivity index (χ0v) is 31.1. The van der Waals surface area contributed by atoms with Crippen molar-refractivity contribution in [2.75, 3.05) is 20.2 Å². The molecule has 3 atom stereocenters. The molecular weight excluding hydrogens is 669 g/mol. The first kappa shape index (κ1) is 35.9. The van der Waals surface area contributed by atoms with Gasteiger partial charge in [0.05, 0.1) is 54.2 Å². The third-order valence-corrected chi connectivity index (χ3v) is 10.4. The van der Waals surface area contributed by atoms with Crippen molar-refractivity contribution in [1.29, 1.82) is 0 Å². The molecule has 5 heterocycles. The average molecular weight is 717 g/mol. The predicted molar refractivity (Wildman–Crippen MR) is 203 cm³/mol. The number of ether oxygens (including phenoxy) is 1. The quantitative estimate of drug-likeness (QED) is 0.136. The SMILES string of the molecule is COC(=O)N[C@H](C(=O)N1CCC[C@H]1c1ncc(-c2ccc3nc(-c4ccc(-c5cnc([C@@H]6CCCN6C(=O)CC(C)C)[nH]5)cc4)ccc3c2)[nH]1)C(C)C. The molecule has 7 rings (SSSR count). The molecular formula is C41H48N8O4. The zero-order chi connectivity index (χ0) is 37.2. The van der Waals surface area contributed by atoms with Crippen LogP contribution in [0.4, 0.5) is 4.79 Å². The van der Waals surface area contributed by atoms with Gasteiger partial charge in [-0.2, -0.15) is 0 Å². The minimum atomic E-state index is -0.681. The predicted octanol–water partition coefficient (Wildman–Crippen LogP) is 7.44. The highest BCUT2D eigenvalue weighted by Crippen LogP contribution is 2.35. The van der Waals surface area contributed by atoms with Gasteiger partial charge < -0.3 is 29.8 Å². The molecule has 53 heavy (non-hydrogen) atoms. The molecule has 0 saturated carbocycles. The van der Waals surface area contributed by atoms with E-state index in [9.17, 15) is 14.4 Å². The lowest BCUT2D eigenvalue weighted by atomic mass is 10.0. The third-order valence-electron chi connectivity index (χ3n) is 10.4. The minimum Gasteiger partial charge on any atom is -0.453 e. The van der Waals surface area contributed by atoms with Crippen LogP contribution in [0.25, 0.3) is 44.7 Å². The summed E-state index contributed by atoms with van der Waals surface area (Å²) < 4.78 is 4.76. The molecule has 3 N–H and O–H groups in total. The minimum absolute atomic E-state index is 0.00100. The zero-order valence-electron chi connectivity index (χ0n) is 31.1. The van der Waals surface area contributed by atoms with Crippen LogP contribution in [0.1, 0.15) is 83.5 Å². The summed E-state index contributed by atoms with van der Waals surface area (Å²) in [5.74, 6) is 1.88. The van der Waals surface area contributed by atoms with E-state index in [2.05, 4.69) is 70.5 Å². The Bertz CT molecular complexity index is 2100. The van der Waals surface area contributed by atoms with Crippen LogP contribution < -0.4 is 5.32 Å². The molecule has 2 saturated heterocycles. The van der Waals surface area contributed by atoms with E-state index >= 15 is 0 Å². The second-order valence-electron chi connectivity index (χ2n) is 14.9. The number of carbonyl (C=O) groups excluding carboxylic acids is 3. The van der Waals surface area contributed by atoms with Crippen molar-refractivity contribution in [3.63, 3.8) is 0 Å². The molecule has 2 aliphatic heterocycles. The number of hydrogen-bond donors (Lipinski definition) is 3. The van der Waals surface area contributed by atoms with E-state index in [-0.39, 0.29) is 29.8 Å². The number of methoxy groups -OCH3 is 1. The van der Waals surface area contributed by atoms with Crippen LogP contribution in [-0.4, -0.2) is 78.9 Å². The number of amides is 3. The van der Waals surface area contributed by atoms with Crippen molar-refractivity contribution in [3.05, 3.63) is 78.6 Å². The van der Waals surface area contributed by atoms with Gasteiger partial charge in [0.1, 0.15) is 17.7 Å². The molecule has 0 spiro atoms. The van der Waals surface area contributed by atoms with Crippen molar-refractivity contribution >= 4 is 28.8 Å². The second-order valence-corrected chi connectivity index (χ2v) is 14.9. The average Bonchev–Trinajstić information content (AvgIpc) is 3.99. The lowest BCUT2D eigenvalue weighted by molar-refractivity contribution is -0.135. The fourth-order valence-electron chi connectivity index (χ4n) is 7.59. The maximum atomic E-state index is 13.5. The number of nitrogens with zero attached hydrogens (tertiary/aromatic N) is 5. The number of nitrogens with one attached hydrogen (secondary N) is 3. The molecule has 2 aliphatic rings. The highest BCUT2D eigenvalue weighted by atomic mass is 16.5. The number of rotatable bonds is 10. The number of hydrogen-bond acceptors (Lipinski definition) is 7. The molecule has 12 heteroatoms. The summed E-state index contributed by atoms with van der Waals surface area (Å²) in [7, 11) is 1.29. The number of likely N-dealkylation sites (tertiary alicyclic amines) is 2.